The van der Waals surface area contributed by atoms with Crippen LogP contribution >= 0.6 is 0 Å². The van der Waals surface area contributed by atoms with Crippen molar-refractivity contribution in [3.63, 3.8) is 0 Å². The number of anilines is 1. The van der Waals surface area contributed by atoms with E-state index in [1.165, 1.54) is 0 Å². The number of ether oxygens (including phenoxy) is 1. The highest BCUT2D eigenvalue weighted by Gasteiger charge is 2.34. The topological polar surface area (TPSA) is 54.5 Å². The zero-order valence-electron chi connectivity index (χ0n) is 13.2. The second-order valence-electron chi connectivity index (χ2n) is 6.22. The van der Waals surface area contributed by atoms with Crippen molar-refractivity contribution in [2.24, 2.45) is 5.92 Å². The third kappa shape index (κ3) is 3.98. The molecule has 2 fully saturated rings. The number of nitrogens with one attached hydrogen (secondary N) is 1. The Morgan fingerprint density at radius 2 is 2.04 bits per heavy atom. The molecule has 0 aliphatic carbocycles. The number of nitrogens with zero attached hydrogens (tertiary/aromatic N) is 2. The average molecular weight is 343 g/mol. The summed E-state index contributed by atoms with van der Waals surface area (Å²) in [5.41, 5.74) is -0.450. The lowest BCUT2D eigenvalue weighted by molar-refractivity contribution is -0.141. The summed E-state index contributed by atoms with van der Waals surface area (Å²) < 4.78 is 43.6. The van der Waals surface area contributed by atoms with Crippen LogP contribution in [0.5, 0.6) is 0 Å². The molecule has 2 aliphatic heterocycles. The van der Waals surface area contributed by atoms with Crippen molar-refractivity contribution < 1.29 is 22.7 Å². The molecule has 2 aliphatic rings. The molecule has 0 radical (unpaired) electrons. The van der Waals surface area contributed by atoms with E-state index in [0.717, 1.165) is 25.1 Å². The van der Waals surface area contributed by atoms with Crippen molar-refractivity contribution in [1.29, 1.82) is 0 Å². The predicted molar refractivity (Wildman–Crippen MR) is 81.5 cm³/mol. The third-order valence-electron chi connectivity index (χ3n) is 4.53. The molecule has 1 aromatic rings. The summed E-state index contributed by atoms with van der Waals surface area (Å²) in [6.45, 7) is 2.29. The van der Waals surface area contributed by atoms with Gasteiger partial charge in [-0.3, -0.25) is 9.78 Å². The number of pyridine rings is 1. The molecule has 0 aromatic carbocycles. The van der Waals surface area contributed by atoms with E-state index in [9.17, 15) is 18.0 Å². The molecule has 1 amide bonds. The van der Waals surface area contributed by atoms with E-state index in [1.54, 1.807) is 6.07 Å². The third-order valence-corrected chi connectivity index (χ3v) is 4.53. The second kappa shape index (κ2) is 6.96. The van der Waals surface area contributed by atoms with Gasteiger partial charge in [-0.2, -0.15) is 13.2 Å². The van der Waals surface area contributed by atoms with Gasteiger partial charge in [-0.15, -0.1) is 0 Å². The van der Waals surface area contributed by atoms with Gasteiger partial charge in [0.25, 0.3) is 0 Å². The molecule has 0 spiro atoms. The lowest BCUT2D eigenvalue weighted by Gasteiger charge is -2.25. The van der Waals surface area contributed by atoms with Gasteiger partial charge in [0.05, 0.1) is 5.92 Å². The van der Waals surface area contributed by atoms with Crippen molar-refractivity contribution in [2.45, 2.75) is 31.5 Å². The highest BCUT2D eigenvalue weighted by atomic mass is 19.4. The summed E-state index contributed by atoms with van der Waals surface area (Å²) in [4.78, 5) is 17.5. The Balaban J connectivity index is 1.59. The van der Waals surface area contributed by atoms with Crippen LogP contribution in [0.2, 0.25) is 0 Å². The Morgan fingerprint density at radius 1 is 1.29 bits per heavy atom. The number of rotatable bonds is 3. The number of aromatic nitrogens is 1. The Morgan fingerprint density at radius 3 is 2.75 bits per heavy atom. The summed E-state index contributed by atoms with van der Waals surface area (Å²) in [6.07, 6.45) is -1.05. The fourth-order valence-electron chi connectivity index (χ4n) is 3.14. The minimum Gasteiger partial charge on any atom is -0.381 e. The monoisotopic (exact) mass is 343 g/mol. The van der Waals surface area contributed by atoms with Gasteiger partial charge in [-0.25, -0.2) is 0 Å². The smallest absolute Gasteiger partial charge is 0.381 e. The van der Waals surface area contributed by atoms with Crippen LogP contribution in [0.3, 0.4) is 0 Å². The number of alkyl halides is 3. The van der Waals surface area contributed by atoms with E-state index in [-0.39, 0.29) is 17.9 Å². The molecule has 24 heavy (non-hydrogen) atoms. The van der Waals surface area contributed by atoms with Crippen LogP contribution in [0, 0.1) is 5.92 Å². The maximum absolute atomic E-state index is 12.8. The Hall–Kier alpha value is -1.83. The molecule has 0 bridgehead atoms. The molecule has 1 atom stereocenters. The lowest BCUT2D eigenvalue weighted by Crippen LogP contribution is -2.42. The van der Waals surface area contributed by atoms with Gasteiger partial charge in [0, 0.05) is 44.2 Å². The molecule has 1 aromatic heterocycles. The average Bonchev–Trinajstić information content (AvgIpc) is 3.05. The van der Waals surface area contributed by atoms with E-state index in [2.05, 4.69) is 10.3 Å². The van der Waals surface area contributed by atoms with Gasteiger partial charge < -0.3 is 15.0 Å². The molecular formula is C16H20F3N3O2. The molecular weight excluding hydrogens is 323 g/mol. The number of hydrogen-bond donors (Lipinski definition) is 1. The predicted octanol–water partition coefficient (Wildman–Crippen LogP) is 2.22. The van der Waals surface area contributed by atoms with Gasteiger partial charge in [0.1, 0.15) is 5.69 Å². The van der Waals surface area contributed by atoms with Crippen molar-refractivity contribution in [3.8, 4) is 0 Å². The summed E-state index contributed by atoms with van der Waals surface area (Å²) in [6, 6.07) is 2.73. The minimum absolute atomic E-state index is 0.0190. The van der Waals surface area contributed by atoms with Crippen LogP contribution in [0.4, 0.5) is 18.9 Å². The maximum Gasteiger partial charge on any atom is 0.433 e. The molecule has 1 N–H and O–H groups in total. The molecule has 1 unspecified atom stereocenters. The number of carbonyl (C=O) groups is 1. The van der Waals surface area contributed by atoms with Crippen molar-refractivity contribution >= 4 is 11.6 Å². The fourth-order valence-corrected chi connectivity index (χ4v) is 3.14. The Kier molecular flexibility index (Phi) is 4.93. The Labute approximate surface area is 138 Å². The maximum atomic E-state index is 12.8. The molecule has 8 heteroatoms. The zero-order valence-corrected chi connectivity index (χ0v) is 13.2. The van der Waals surface area contributed by atoms with Gasteiger partial charge in [0.2, 0.25) is 5.91 Å². The molecule has 0 saturated carbocycles. The molecule has 132 valence electrons. The summed E-state index contributed by atoms with van der Waals surface area (Å²) in [7, 11) is 0. The van der Waals surface area contributed by atoms with E-state index < -0.39 is 11.9 Å². The van der Waals surface area contributed by atoms with Crippen LogP contribution in [0.1, 0.15) is 25.0 Å². The van der Waals surface area contributed by atoms with Gasteiger partial charge >= 0.3 is 6.18 Å². The van der Waals surface area contributed by atoms with E-state index in [1.807, 2.05) is 4.90 Å². The largest absolute Gasteiger partial charge is 0.433 e. The van der Waals surface area contributed by atoms with Crippen LogP contribution in [0.15, 0.2) is 18.3 Å². The number of amides is 1. The molecule has 3 heterocycles. The molecule has 3 rings (SSSR count). The summed E-state index contributed by atoms with van der Waals surface area (Å²) in [5.74, 6) is -0.218. The number of halogens is 3. The van der Waals surface area contributed by atoms with Crippen molar-refractivity contribution in [1.82, 2.24) is 10.3 Å². The molecule has 2 saturated heterocycles. The van der Waals surface area contributed by atoms with Crippen LogP contribution in [-0.2, 0) is 15.7 Å². The van der Waals surface area contributed by atoms with Crippen LogP contribution in [-0.4, -0.2) is 43.2 Å². The van der Waals surface area contributed by atoms with E-state index in [4.69, 9.17) is 4.74 Å². The van der Waals surface area contributed by atoms with Crippen LogP contribution in [0.25, 0.3) is 0 Å². The van der Waals surface area contributed by atoms with E-state index in [0.29, 0.717) is 38.4 Å². The van der Waals surface area contributed by atoms with Crippen LogP contribution < -0.4 is 10.2 Å². The van der Waals surface area contributed by atoms with Gasteiger partial charge in [-0.1, -0.05) is 0 Å². The molecule has 5 nitrogen and oxygen atoms in total. The first-order chi connectivity index (χ1) is 11.4. The SMILES string of the molecule is O=C(NC1CCOCC1)C1CCN(c2ccnc(C(F)(F)F)c2)C1. The highest BCUT2D eigenvalue weighted by Crippen LogP contribution is 2.31. The number of hydrogen-bond acceptors (Lipinski definition) is 4. The van der Waals surface area contributed by atoms with Crippen molar-refractivity contribution in [3.05, 3.63) is 24.0 Å². The van der Waals surface area contributed by atoms with E-state index >= 15 is 0 Å². The minimum atomic E-state index is -4.46. The van der Waals surface area contributed by atoms with Crippen molar-refractivity contribution in [2.75, 3.05) is 31.2 Å². The van der Waals surface area contributed by atoms with Gasteiger partial charge in [-0.05, 0) is 31.4 Å². The lowest BCUT2D eigenvalue weighted by atomic mass is 10.1. The number of carbonyl (C=O) groups excluding carboxylic acids is 1. The first-order valence-electron chi connectivity index (χ1n) is 8.10. The first kappa shape index (κ1) is 17.0. The van der Waals surface area contributed by atoms with Gasteiger partial charge in [0.15, 0.2) is 0 Å². The zero-order chi connectivity index (χ0) is 17.2. The first-order valence-corrected chi connectivity index (χ1v) is 8.10. The highest BCUT2D eigenvalue weighted by molar-refractivity contribution is 5.80. The summed E-state index contributed by atoms with van der Waals surface area (Å²) in [5, 5.41) is 3.03. The second-order valence-corrected chi connectivity index (χ2v) is 6.22. The standard InChI is InChI=1S/C16H20F3N3O2/c17-16(18,19)14-9-13(1-5-20-14)22-6-2-11(10-22)15(23)21-12-3-7-24-8-4-12/h1,5,9,11-12H,2-4,6-8,10H2,(H,21,23). The summed E-state index contributed by atoms with van der Waals surface area (Å²) >= 11 is 0. The quantitative estimate of drug-likeness (QED) is 0.914. The fraction of sp³-hybridized carbons (Fsp3) is 0.625. The Bertz CT molecular complexity index is 588. The normalized spacial score (nSPS) is 22.6.